The van der Waals surface area contributed by atoms with Gasteiger partial charge in [-0.25, -0.2) is 0 Å². The first kappa shape index (κ1) is 16.0. The summed E-state index contributed by atoms with van der Waals surface area (Å²) in [5.41, 5.74) is 0.909. The standard InChI is InChI=1S/C17H24N4O2/c1-4-12(2)22-14-7-5-13(6-8-14)17-19-16(20-23-17)15-11-18-9-10-21(15)3/h5-8,12,15,18H,4,9-11H2,1-3H3. The first-order valence-electron chi connectivity index (χ1n) is 8.19. The van der Waals surface area contributed by atoms with Gasteiger partial charge in [0.1, 0.15) is 5.75 Å². The van der Waals surface area contributed by atoms with Crippen LogP contribution in [0.1, 0.15) is 32.1 Å². The Balaban J connectivity index is 1.72. The van der Waals surface area contributed by atoms with E-state index in [-0.39, 0.29) is 12.1 Å². The fraction of sp³-hybridized carbons (Fsp3) is 0.529. The molecule has 2 heterocycles. The molecule has 2 unspecified atom stereocenters. The molecule has 0 amide bonds. The second-order valence-electron chi connectivity index (χ2n) is 6.02. The molecule has 1 fully saturated rings. The number of nitrogens with one attached hydrogen (secondary N) is 1. The second kappa shape index (κ2) is 7.10. The topological polar surface area (TPSA) is 63.4 Å². The summed E-state index contributed by atoms with van der Waals surface area (Å²) in [7, 11) is 2.09. The van der Waals surface area contributed by atoms with Crippen molar-refractivity contribution in [1.29, 1.82) is 0 Å². The lowest BCUT2D eigenvalue weighted by Crippen LogP contribution is -2.44. The van der Waals surface area contributed by atoms with Gasteiger partial charge in [-0.3, -0.25) is 4.90 Å². The molecule has 124 valence electrons. The second-order valence-corrected chi connectivity index (χ2v) is 6.02. The molecule has 0 aliphatic carbocycles. The van der Waals surface area contributed by atoms with E-state index in [4.69, 9.17) is 9.26 Å². The molecule has 0 spiro atoms. The molecule has 0 saturated carbocycles. The Labute approximate surface area is 136 Å². The Morgan fingerprint density at radius 1 is 1.39 bits per heavy atom. The normalized spacial score (nSPS) is 20.4. The zero-order valence-corrected chi connectivity index (χ0v) is 14.0. The maximum absolute atomic E-state index is 5.79. The van der Waals surface area contributed by atoms with Crippen LogP contribution in [0.25, 0.3) is 11.5 Å². The summed E-state index contributed by atoms with van der Waals surface area (Å²) in [6.07, 6.45) is 1.20. The molecular formula is C17H24N4O2. The molecule has 2 atom stereocenters. The number of aromatic nitrogens is 2. The highest BCUT2D eigenvalue weighted by atomic mass is 16.5. The van der Waals surface area contributed by atoms with E-state index in [0.717, 1.165) is 43.2 Å². The van der Waals surface area contributed by atoms with Crippen LogP contribution in [0.15, 0.2) is 28.8 Å². The molecule has 3 rings (SSSR count). The van der Waals surface area contributed by atoms with Crippen LogP contribution in [-0.2, 0) is 0 Å². The first-order chi connectivity index (χ1) is 11.2. The molecule has 1 aromatic carbocycles. The SMILES string of the molecule is CCC(C)Oc1ccc(-c2nc(C3CNCCN3C)no2)cc1. The van der Waals surface area contributed by atoms with Crippen LogP contribution in [0.3, 0.4) is 0 Å². The molecule has 1 aliphatic rings. The number of ether oxygens (including phenoxy) is 1. The van der Waals surface area contributed by atoms with Crippen LogP contribution in [0.5, 0.6) is 5.75 Å². The number of likely N-dealkylation sites (N-methyl/N-ethyl adjacent to an activating group) is 1. The molecule has 1 saturated heterocycles. The smallest absolute Gasteiger partial charge is 0.257 e. The van der Waals surface area contributed by atoms with E-state index in [9.17, 15) is 0 Å². The molecule has 23 heavy (non-hydrogen) atoms. The monoisotopic (exact) mass is 316 g/mol. The fourth-order valence-corrected chi connectivity index (χ4v) is 2.57. The van der Waals surface area contributed by atoms with Crippen molar-refractivity contribution in [3.8, 4) is 17.2 Å². The maximum atomic E-state index is 5.79. The van der Waals surface area contributed by atoms with Gasteiger partial charge < -0.3 is 14.6 Å². The Morgan fingerprint density at radius 3 is 2.87 bits per heavy atom. The molecule has 0 radical (unpaired) electrons. The van der Waals surface area contributed by atoms with Crippen molar-refractivity contribution < 1.29 is 9.26 Å². The van der Waals surface area contributed by atoms with Gasteiger partial charge in [-0.2, -0.15) is 4.98 Å². The first-order valence-corrected chi connectivity index (χ1v) is 8.19. The average molecular weight is 316 g/mol. The van der Waals surface area contributed by atoms with E-state index in [2.05, 4.69) is 41.3 Å². The van der Waals surface area contributed by atoms with Gasteiger partial charge in [0.2, 0.25) is 0 Å². The van der Waals surface area contributed by atoms with Crippen LogP contribution in [0, 0.1) is 0 Å². The Bertz CT molecular complexity index is 626. The van der Waals surface area contributed by atoms with Gasteiger partial charge in [-0.05, 0) is 44.7 Å². The minimum absolute atomic E-state index is 0.161. The third-order valence-electron chi connectivity index (χ3n) is 4.26. The van der Waals surface area contributed by atoms with Crippen molar-refractivity contribution in [2.45, 2.75) is 32.4 Å². The maximum Gasteiger partial charge on any atom is 0.257 e. The third-order valence-corrected chi connectivity index (χ3v) is 4.26. The van der Waals surface area contributed by atoms with Crippen LogP contribution in [-0.4, -0.2) is 47.8 Å². The summed E-state index contributed by atoms with van der Waals surface area (Å²) in [5.74, 6) is 2.14. The van der Waals surface area contributed by atoms with E-state index in [1.165, 1.54) is 0 Å². The van der Waals surface area contributed by atoms with Gasteiger partial charge >= 0.3 is 0 Å². The number of benzene rings is 1. The molecule has 1 N–H and O–H groups in total. The van der Waals surface area contributed by atoms with Crippen molar-refractivity contribution in [3.05, 3.63) is 30.1 Å². The summed E-state index contributed by atoms with van der Waals surface area (Å²) in [5, 5.41) is 7.52. The van der Waals surface area contributed by atoms with Crippen LogP contribution in [0.4, 0.5) is 0 Å². The Morgan fingerprint density at radius 2 is 2.17 bits per heavy atom. The van der Waals surface area contributed by atoms with E-state index in [0.29, 0.717) is 5.89 Å². The molecular weight excluding hydrogens is 292 g/mol. The molecule has 0 bridgehead atoms. The summed E-state index contributed by atoms with van der Waals surface area (Å²) < 4.78 is 11.2. The highest BCUT2D eigenvalue weighted by Crippen LogP contribution is 2.24. The van der Waals surface area contributed by atoms with Crippen molar-refractivity contribution in [1.82, 2.24) is 20.4 Å². The van der Waals surface area contributed by atoms with E-state index >= 15 is 0 Å². The number of hydrogen-bond donors (Lipinski definition) is 1. The van der Waals surface area contributed by atoms with E-state index in [1.807, 2.05) is 24.3 Å². The predicted octanol–water partition coefficient (Wildman–Crippen LogP) is 2.49. The largest absolute Gasteiger partial charge is 0.491 e. The van der Waals surface area contributed by atoms with Crippen molar-refractivity contribution in [2.24, 2.45) is 0 Å². The summed E-state index contributed by atoms with van der Waals surface area (Å²) in [4.78, 5) is 6.81. The number of rotatable bonds is 5. The van der Waals surface area contributed by atoms with Gasteiger partial charge in [-0.15, -0.1) is 0 Å². The fourth-order valence-electron chi connectivity index (χ4n) is 2.57. The van der Waals surface area contributed by atoms with Crippen LogP contribution in [0.2, 0.25) is 0 Å². The minimum atomic E-state index is 0.161. The minimum Gasteiger partial charge on any atom is -0.491 e. The van der Waals surface area contributed by atoms with Gasteiger partial charge in [-0.1, -0.05) is 12.1 Å². The van der Waals surface area contributed by atoms with Crippen molar-refractivity contribution in [3.63, 3.8) is 0 Å². The summed E-state index contributed by atoms with van der Waals surface area (Å²) in [6.45, 7) is 6.99. The Kier molecular flexibility index (Phi) is 4.93. The number of piperazine rings is 1. The Hall–Kier alpha value is -1.92. The molecule has 2 aromatic rings. The predicted molar refractivity (Wildman–Crippen MR) is 88.4 cm³/mol. The molecule has 1 aromatic heterocycles. The van der Waals surface area contributed by atoms with Crippen LogP contribution < -0.4 is 10.1 Å². The zero-order chi connectivity index (χ0) is 16.2. The quantitative estimate of drug-likeness (QED) is 0.914. The van der Waals surface area contributed by atoms with Gasteiger partial charge in [0.15, 0.2) is 5.82 Å². The number of hydrogen-bond acceptors (Lipinski definition) is 6. The lowest BCUT2D eigenvalue weighted by Gasteiger charge is -2.30. The van der Waals surface area contributed by atoms with Crippen molar-refractivity contribution >= 4 is 0 Å². The highest BCUT2D eigenvalue weighted by Gasteiger charge is 2.25. The van der Waals surface area contributed by atoms with Crippen molar-refractivity contribution in [2.75, 3.05) is 26.7 Å². The van der Waals surface area contributed by atoms with E-state index < -0.39 is 0 Å². The molecule has 6 heteroatoms. The van der Waals surface area contributed by atoms with Gasteiger partial charge in [0.05, 0.1) is 12.1 Å². The summed E-state index contributed by atoms with van der Waals surface area (Å²) >= 11 is 0. The lowest BCUT2D eigenvalue weighted by molar-refractivity contribution is 0.190. The molecule has 6 nitrogen and oxygen atoms in total. The third kappa shape index (κ3) is 3.71. The van der Waals surface area contributed by atoms with Gasteiger partial charge in [0.25, 0.3) is 5.89 Å². The lowest BCUT2D eigenvalue weighted by atomic mass is 10.2. The zero-order valence-electron chi connectivity index (χ0n) is 14.0. The van der Waals surface area contributed by atoms with Gasteiger partial charge in [0, 0.05) is 25.2 Å². The molecule has 1 aliphatic heterocycles. The number of nitrogens with zero attached hydrogens (tertiary/aromatic N) is 3. The summed E-state index contributed by atoms with van der Waals surface area (Å²) in [6, 6.07) is 7.96. The average Bonchev–Trinajstić information content (AvgIpc) is 3.05. The highest BCUT2D eigenvalue weighted by molar-refractivity contribution is 5.54. The van der Waals surface area contributed by atoms with Crippen LogP contribution >= 0.6 is 0 Å². The van der Waals surface area contributed by atoms with E-state index in [1.54, 1.807) is 0 Å².